The van der Waals surface area contributed by atoms with Crippen molar-refractivity contribution in [3.8, 4) is 0 Å². The van der Waals surface area contributed by atoms with Gasteiger partial charge >= 0.3 is 16.1 Å². The second-order valence-electron chi connectivity index (χ2n) is 5.09. The fraction of sp³-hybridized carbons (Fsp3) is 0.562. The highest BCUT2D eigenvalue weighted by atomic mass is 32.2. The molecule has 6 heteroatoms. The Hall–Kier alpha value is -1.40. The van der Waals surface area contributed by atoms with E-state index in [0.717, 1.165) is 12.8 Å². The van der Waals surface area contributed by atoms with E-state index in [1.807, 2.05) is 0 Å². The lowest BCUT2D eigenvalue weighted by Crippen LogP contribution is -2.13. The third kappa shape index (κ3) is 8.14. The number of rotatable bonds is 10. The number of hydrogen-bond acceptors (Lipinski definition) is 4. The molecule has 0 spiro atoms. The molecule has 5 nitrogen and oxygen atoms in total. The van der Waals surface area contributed by atoms with Gasteiger partial charge in [-0.3, -0.25) is 4.79 Å². The molecule has 1 rings (SSSR count). The molecule has 0 aromatic heterocycles. The van der Waals surface area contributed by atoms with E-state index in [1.165, 1.54) is 37.8 Å². The lowest BCUT2D eigenvalue weighted by molar-refractivity contribution is -0.133. The van der Waals surface area contributed by atoms with Crippen molar-refractivity contribution in [1.82, 2.24) is 0 Å². The first-order chi connectivity index (χ1) is 10.1. The van der Waals surface area contributed by atoms with Gasteiger partial charge in [-0.25, -0.2) is 0 Å². The van der Waals surface area contributed by atoms with Crippen LogP contribution in [0.4, 0.5) is 0 Å². The van der Waals surface area contributed by atoms with Crippen molar-refractivity contribution in [2.45, 2.75) is 63.2 Å². The van der Waals surface area contributed by atoms with Crippen LogP contribution in [0.2, 0.25) is 0 Å². The van der Waals surface area contributed by atoms with E-state index < -0.39 is 16.1 Å². The van der Waals surface area contributed by atoms with Crippen LogP contribution in [-0.2, 0) is 19.1 Å². The maximum atomic E-state index is 11.8. The van der Waals surface area contributed by atoms with Crippen LogP contribution in [0.5, 0.6) is 0 Å². The Kier molecular flexibility index (Phi) is 10.5. The summed E-state index contributed by atoms with van der Waals surface area (Å²) >= 11 is 0. The van der Waals surface area contributed by atoms with Crippen LogP contribution in [0.15, 0.2) is 35.2 Å². The Morgan fingerprint density at radius 2 is 1.50 bits per heavy atom. The second-order valence-corrected chi connectivity index (χ2v) is 6.64. The van der Waals surface area contributed by atoms with Crippen molar-refractivity contribution in [3.05, 3.63) is 30.3 Å². The van der Waals surface area contributed by atoms with Crippen LogP contribution in [0.1, 0.15) is 58.3 Å². The number of carbonyl (C=O) groups excluding carboxylic acids is 1. The highest BCUT2D eigenvalue weighted by Crippen LogP contribution is 2.14. The van der Waals surface area contributed by atoms with E-state index in [2.05, 4.69) is 11.1 Å². The topological polar surface area (TPSA) is 91.9 Å². The van der Waals surface area contributed by atoms with Crippen LogP contribution < -0.4 is 0 Å². The maximum Gasteiger partial charge on any atom is 0.341 e. The predicted molar refractivity (Wildman–Crippen MR) is 85.9 cm³/mol. The molecule has 0 atom stereocenters. The molecule has 0 amide bonds. The van der Waals surface area contributed by atoms with Gasteiger partial charge in [0.05, 0.1) is 0 Å². The highest BCUT2D eigenvalue weighted by molar-refractivity contribution is 7.87. The first-order valence-corrected chi connectivity index (χ1v) is 8.99. The van der Waals surface area contributed by atoms with Crippen molar-refractivity contribution < 1.29 is 22.9 Å². The minimum atomic E-state index is -3.96. The zero-order valence-electron chi connectivity index (χ0n) is 13.1. The van der Waals surface area contributed by atoms with E-state index in [9.17, 15) is 13.2 Å². The smallest absolute Gasteiger partial charge is 0.341 e. The summed E-state index contributed by atoms with van der Waals surface area (Å²) in [6, 6.07) is 7.72. The molecule has 1 aromatic carbocycles. The summed E-state index contributed by atoms with van der Waals surface area (Å²) in [5.74, 6) is -0.674. The summed E-state index contributed by atoms with van der Waals surface area (Å²) in [7, 11) is -3.96. The minimum absolute atomic E-state index is 0. The van der Waals surface area contributed by atoms with Crippen LogP contribution in [0.25, 0.3) is 0 Å². The normalized spacial score (nSPS) is 10.8. The van der Waals surface area contributed by atoms with E-state index in [0.29, 0.717) is 6.42 Å². The van der Waals surface area contributed by atoms with Crippen molar-refractivity contribution in [3.63, 3.8) is 0 Å². The molecule has 1 aromatic rings. The molecule has 0 aliphatic rings. The number of unbranched alkanes of at least 4 members (excludes halogenated alkanes) is 6. The summed E-state index contributed by atoms with van der Waals surface area (Å²) in [5.41, 5.74) is 0. The van der Waals surface area contributed by atoms with E-state index in [4.69, 9.17) is 0 Å². The fourth-order valence-corrected chi connectivity index (χ4v) is 2.94. The second kappa shape index (κ2) is 11.2. The van der Waals surface area contributed by atoms with Gasteiger partial charge in [-0.2, -0.15) is 8.42 Å². The SMILES string of the molecule is CCCCCCCCCC(=O)OS(=O)(=O)c1ccccc1.O. The van der Waals surface area contributed by atoms with Gasteiger partial charge in [0, 0.05) is 6.42 Å². The third-order valence-corrected chi connectivity index (χ3v) is 4.47. The van der Waals surface area contributed by atoms with Crippen LogP contribution in [0, 0.1) is 0 Å². The van der Waals surface area contributed by atoms with Gasteiger partial charge < -0.3 is 9.66 Å². The molecule has 0 bridgehead atoms. The van der Waals surface area contributed by atoms with Crippen molar-refractivity contribution in [1.29, 1.82) is 0 Å². The lowest BCUT2D eigenvalue weighted by Gasteiger charge is -2.05. The van der Waals surface area contributed by atoms with Gasteiger partial charge in [-0.15, -0.1) is 0 Å². The zero-order valence-corrected chi connectivity index (χ0v) is 13.9. The monoisotopic (exact) mass is 330 g/mol. The quantitative estimate of drug-likeness (QED) is 0.486. The van der Waals surface area contributed by atoms with Gasteiger partial charge in [0.25, 0.3) is 0 Å². The fourth-order valence-electron chi connectivity index (χ4n) is 2.03. The lowest BCUT2D eigenvalue weighted by atomic mass is 10.1. The molecule has 0 heterocycles. The summed E-state index contributed by atoms with van der Waals surface area (Å²) in [6.07, 6.45) is 7.70. The van der Waals surface area contributed by atoms with Crippen LogP contribution in [-0.4, -0.2) is 19.9 Å². The first kappa shape index (κ1) is 20.6. The summed E-state index contributed by atoms with van der Waals surface area (Å²) < 4.78 is 28.2. The molecule has 0 fully saturated rings. The Morgan fingerprint density at radius 3 is 2.09 bits per heavy atom. The predicted octanol–water partition coefficient (Wildman–Crippen LogP) is 3.23. The molecule has 0 radical (unpaired) electrons. The molecular formula is C16H26O5S. The number of hydrogen-bond donors (Lipinski definition) is 0. The highest BCUT2D eigenvalue weighted by Gasteiger charge is 2.19. The van der Waals surface area contributed by atoms with Gasteiger partial charge in [0.15, 0.2) is 0 Å². The summed E-state index contributed by atoms with van der Waals surface area (Å²) in [4.78, 5) is 11.6. The Morgan fingerprint density at radius 1 is 0.955 bits per heavy atom. The number of carbonyl (C=O) groups is 1. The third-order valence-electron chi connectivity index (χ3n) is 3.22. The molecule has 0 aliphatic carbocycles. The van der Waals surface area contributed by atoms with E-state index in [1.54, 1.807) is 18.2 Å². The molecular weight excluding hydrogens is 304 g/mol. The number of benzene rings is 1. The molecule has 22 heavy (non-hydrogen) atoms. The van der Waals surface area contributed by atoms with Gasteiger partial charge in [0.2, 0.25) is 0 Å². The Labute approximate surface area is 133 Å². The van der Waals surface area contributed by atoms with Crippen LogP contribution in [0.3, 0.4) is 0 Å². The largest absolute Gasteiger partial charge is 0.412 e. The van der Waals surface area contributed by atoms with E-state index >= 15 is 0 Å². The zero-order chi connectivity index (χ0) is 15.6. The molecule has 0 aliphatic heterocycles. The first-order valence-electron chi connectivity index (χ1n) is 7.58. The molecule has 0 unspecified atom stereocenters. The maximum absolute atomic E-state index is 11.8. The summed E-state index contributed by atoms with van der Waals surface area (Å²) in [5, 5.41) is 0. The van der Waals surface area contributed by atoms with Gasteiger partial charge in [-0.05, 0) is 18.6 Å². The van der Waals surface area contributed by atoms with Crippen molar-refractivity contribution in [2.75, 3.05) is 0 Å². The van der Waals surface area contributed by atoms with Gasteiger partial charge in [0.1, 0.15) is 4.90 Å². The Balaban J connectivity index is 0.00000441. The molecule has 126 valence electrons. The van der Waals surface area contributed by atoms with Crippen molar-refractivity contribution in [2.24, 2.45) is 0 Å². The summed E-state index contributed by atoms with van der Waals surface area (Å²) in [6.45, 7) is 2.17. The molecule has 2 N–H and O–H groups in total. The molecule has 0 saturated heterocycles. The molecule has 0 saturated carbocycles. The minimum Gasteiger partial charge on any atom is -0.412 e. The van der Waals surface area contributed by atoms with Crippen LogP contribution >= 0.6 is 0 Å². The van der Waals surface area contributed by atoms with E-state index in [-0.39, 0.29) is 16.8 Å². The Bertz CT molecular complexity index is 511. The van der Waals surface area contributed by atoms with Crippen molar-refractivity contribution >= 4 is 16.1 Å². The average Bonchev–Trinajstić information content (AvgIpc) is 2.47. The van der Waals surface area contributed by atoms with Gasteiger partial charge in [-0.1, -0.05) is 63.6 Å². The average molecular weight is 330 g/mol. The standard InChI is InChI=1S/C16H24O4S.H2O/c1-2-3-4-5-6-7-11-14-16(17)20-21(18,19)15-12-9-8-10-13-15;/h8-10,12-13H,2-7,11,14H2,1H3;1H2.